The first-order valence-corrected chi connectivity index (χ1v) is 6.89. The van der Waals surface area contributed by atoms with E-state index in [1.165, 1.54) is 12.8 Å². The molecule has 1 aliphatic rings. The van der Waals surface area contributed by atoms with Crippen LogP contribution < -0.4 is 10.2 Å². The normalized spacial score (nSPS) is 19.2. The summed E-state index contributed by atoms with van der Waals surface area (Å²) in [5.41, 5.74) is 0.341. The molecule has 0 spiro atoms. The van der Waals surface area contributed by atoms with Crippen LogP contribution in [0.1, 0.15) is 45.9 Å². The van der Waals surface area contributed by atoms with Gasteiger partial charge in [0.25, 0.3) is 0 Å². The molecule has 1 saturated heterocycles. The molecule has 18 heavy (non-hydrogen) atoms. The minimum absolute atomic E-state index is 0.341. The predicted molar refractivity (Wildman–Crippen MR) is 71.5 cm³/mol. The fourth-order valence-corrected chi connectivity index (χ4v) is 2.40. The molecule has 0 atom stereocenters. The molecule has 0 unspecified atom stereocenters. The first-order chi connectivity index (χ1) is 8.61. The Labute approximate surface area is 109 Å². The molecule has 0 amide bonds. The Balaban J connectivity index is 1.92. The van der Waals surface area contributed by atoms with Crippen molar-refractivity contribution in [3.05, 3.63) is 5.89 Å². The van der Waals surface area contributed by atoms with E-state index in [-0.39, 0.29) is 0 Å². The van der Waals surface area contributed by atoms with Gasteiger partial charge in [-0.1, -0.05) is 25.9 Å². The van der Waals surface area contributed by atoms with E-state index in [0.717, 1.165) is 26.1 Å². The van der Waals surface area contributed by atoms with Crippen LogP contribution in [0, 0.1) is 5.41 Å². The van der Waals surface area contributed by atoms with E-state index < -0.39 is 0 Å². The molecule has 102 valence electrons. The monoisotopic (exact) mass is 252 g/mol. The largest absolute Gasteiger partial charge is 0.407 e. The summed E-state index contributed by atoms with van der Waals surface area (Å²) in [6.45, 7) is 10.4. The molecule has 2 heterocycles. The van der Waals surface area contributed by atoms with Crippen LogP contribution in [0.4, 0.5) is 6.01 Å². The summed E-state index contributed by atoms with van der Waals surface area (Å²) in [5.74, 6) is 0.682. The molecule has 0 radical (unpaired) electrons. The minimum atomic E-state index is 0.341. The van der Waals surface area contributed by atoms with E-state index in [0.29, 0.717) is 23.9 Å². The van der Waals surface area contributed by atoms with Crippen molar-refractivity contribution in [3.8, 4) is 0 Å². The highest BCUT2D eigenvalue weighted by molar-refractivity contribution is 5.25. The minimum Gasteiger partial charge on any atom is -0.407 e. The van der Waals surface area contributed by atoms with Crippen molar-refractivity contribution in [1.29, 1.82) is 0 Å². The fraction of sp³-hybridized carbons (Fsp3) is 0.846. The lowest BCUT2D eigenvalue weighted by molar-refractivity contribution is 0.282. The maximum Gasteiger partial charge on any atom is 0.318 e. The van der Waals surface area contributed by atoms with Crippen molar-refractivity contribution < 1.29 is 4.42 Å². The van der Waals surface area contributed by atoms with Gasteiger partial charge in [-0.25, -0.2) is 0 Å². The van der Waals surface area contributed by atoms with Crippen LogP contribution >= 0.6 is 0 Å². The highest BCUT2D eigenvalue weighted by Crippen LogP contribution is 2.30. The number of nitrogens with zero attached hydrogens (tertiary/aromatic N) is 3. The van der Waals surface area contributed by atoms with Gasteiger partial charge in [0.2, 0.25) is 5.89 Å². The van der Waals surface area contributed by atoms with Crippen molar-refractivity contribution in [2.24, 2.45) is 5.41 Å². The molecular formula is C13H24N4O. The van der Waals surface area contributed by atoms with Crippen molar-refractivity contribution in [3.63, 3.8) is 0 Å². The zero-order valence-electron chi connectivity index (χ0n) is 11.7. The molecule has 0 bridgehead atoms. The standard InChI is InChI=1S/C13H24N4O/c1-4-7-14-9-11-15-16-12(18-11)17-8-5-6-13(2,3)10-17/h14H,4-10H2,1-3H3. The third-order valence-electron chi connectivity index (χ3n) is 3.33. The Morgan fingerprint density at radius 1 is 1.39 bits per heavy atom. The topological polar surface area (TPSA) is 54.2 Å². The smallest absolute Gasteiger partial charge is 0.318 e. The van der Waals surface area contributed by atoms with Gasteiger partial charge in [0.15, 0.2) is 0 Å². The van der Waals surface area contributed by atoms with Gasteiger partial charge in [-0.2, -0.15) is 0 Å². The molecule has 1 aliphatic heterocycles. The molecule has 2 rings (SSSR count). The highest BCUT2D eigenvalue weighted by atomic mass is 16.4. The number of nitrogens with one attached hydrogen (secondary N) is 1. The second-order valence-electron chi connectivity index (χ2n) is 5.84. The Bertz CT molecular complexity index is 375. The molecule has 5 heteroatoms. The Hall–Kier alpha value is -1.10. The third-order valence-corrected chi connectivity index (χ3v) is 3.33. The molecule has 5 nitrogen and oxygen atoms in total. The molecule has 0 aliphatic carbocycles. The van der Waals surface area contributed by atoms with E-state index in [2.05, 4.69) is 41.2 Å². The molecule has 1 aromatic heterocycles. The quantitative estimate of drug-likeness (QED) is 0.814. The predicted octanol–water partition coefficient (Wildman–Crippen LogP) is 2.20. The van der Waals surface area contributed by atoms with Crippen molar-refractivity contribution >= 4 is 6.01 Å². The van der Waals surface area contributed by atoms with Gasteiger partial charge < -0.3 is 14.6 Å². The van der Waals surface area contributed by atoms with Crippen LogP contribution in [0.5, 0.6) is 0 Å². The lowest BCUT2D eigenvalue weighted by atomic mass is 9.84. The second kappa shape index (κ2) is 5.69. The Morgan fingerprint density at radius 3 is 2.94 bits per heavy atom. The summed E-state index contributed by atoms with van der Waals surface area (Å²) in [5, 5.41) is 11.5. The van der Waals surface area contributed by atoms with E-state index in [9.17, 15) is 0 Å². The number of rotatable bonds is 5. The van der Waals surface area contributed by atoms with Crippen LogP contribution in [-0.4, -0.2) is 29.8 Å². The summed E-state index contributed by atoms with van der Waals surface area (Å²) in [7, 11) is 0. The van der Waals surface area contributed by atoms with Crippen LogP contribution in [0.2, 0.25) is 0 Å². The number of hydrogen-bond acceptors (Lipinski definition) is 5. The third kappa shape index (κ3) is 3.45. The summed E-state index contributed by atoms with van der Waals surface area (Å²) >= 11 is 0. The molecule has 1 fully saturated rings. The molecule has 1 aromatic rings. The lowest BCUT2D eigenvalue weighted by Gasteiger charge is -2.36. The fourth-order valence-electron chi connectivity index (χ4n) is 2.40. The van der Waals surface area contributed by atoms with Gasteiger partial charge in [0.05, 0.1) is 6.54 Å². The average molecular weight is 252 g/mol. The zero-order chi connectivity index (χ0) is 13.0. The number of hydrogen-bond donors (Lipinski definition) is 1. The van der Waals surface area contributed by atoms with Gasteiger partial charge in [0, 0.05) is 13.1 Å². The van der Waals surface area contributed by atoms with E-state index in [1.807, 2.05) is 0 Å². The highest BCUT2D eigenvalue weighted by Gasteiger charge is 2.28. The maximum atomic E-state index is 5.70. The van der Waals surface area contributed by atoms with E-state index in [1.54, 1.807) is 0 Å². The lowest BCUT2D eigenvalue weighted by Crippen LogP contribution is -2.40. The first kappa shape index (κ1) is 13.3. The van der Waals surface area contributed by atoms with Gasteiger partial charge in [-0.15, -0.1) is 5.10 Å². The molecule has 1 N–H and O–H groups in total. The van der Waals surface area contributed by atoms with Crippen LogP contribution in [-0.2, 0) is 6.54 Å². The average Bonchev–Trinajstić information content (AvgIpc) is 2.77. The van der Waals surface area contributed by atoms with Gasteiger partial charge >= 0.3 is 6.01 Å². The molecule has 0 aromatic carbocycles. The van der Waals surface area contributed by atoms with Gasteiger partial charge in [-0.3, -0.25) is 0 Å². The maximum absolute atomic E-state index is 5.70. The number of aromatic nitrogens is 2. The van der Waals surface area contributed by atoms with Crippen LogP contribution in [0.15, 0.2) is 4.42 Å². The first-order valence-electron chi connectivity index (χ1n) is 6.89. The molecular weight excluding hydrogens is 228 g/mol. The van der Waals surface area contributed by atoms with Crippen molar-refractivity contribution in [1.82, 2.24) is 15.5 Å². The molecule has 0 saturated carbocycles. The number of anilines is 1. The summed E-state index contributed by atoms with van der Waals surface area (Å²) < 4.78 is 5.70. The zero-order valence-corrected chi connectivity index (χ0v) is 11.7. The van der Waals surface area contributed by atoms with Crippen molar-refractivity contribution in [2.45, 2.75) is 46.6 Å². The van der Waals surface area contributed by atoms with Crippen LogP contribution in [0.25, 0.3) is 0 Å². The van der Waals surface area contributed by atoms with Gasteiger partial charge in [0.1, 0.15) is 0 Å². The van der Waals surface area contributed by atoms with E-state index in [4.69, 9.17) is 4.42 Å². The Kier molecular flexibility index (Phi) is 4.22. The second-order valence-corrected chi connectivity index (χ2v) is 5.84. The SMILES string of the molecule is CCCNCc1nnc(N2CCCC(C)(C)C2)o1. The Morgan fingerprint density at radius 2 is 2.22 bits per heavy atom. The van der Waals surface area contributed by atoms with Gasteiger partial charge in [-0.05, 0) is 31.2 Å². The number of piperidine rings is 1. The van der Waals surface area contributed by atoms with E-state index >= 15 is 0 Å². The van der Waals surface area contributed by atoms with Crippen molar-refractivity contribution in [2.75, 3.05) is 24.5 Å². The summed E-state index contributed by atoms with van der Waals surface area (Å²) in [6, 6.07) is 0.677. The van der Waals surface area contributed by atoms with Crippen LogP contribution in [0.3, 0.4) is 0 Å². The summed E-state index contributed by atoms with van der Waals surface area (Å²) in [6.07, 6.45) is 3.57. The summed E-state index contributed by atoms with van der Waals surface area (Å²) in [4.78, 5) is 2.21.